The highest BCUT2D eigenvalue weighted by Crippen LogP contribution is 2.25. The second-order valence-corrected chi connectivity index (χ2v) is 5.90. The van der Waals surface area contributed by atoms with Crippen LogP contribution in [0.5, 0.6) is 0 Å². The van der Waals surface area contributed by atoms with Gasteiger partial charge in [-0.05, 0) is 18.9 Å². The molecule has 1 N–H and O–H groups in total. The van der Waals surface area contributed by atoms with Crippen molar-refractivity contribution in [1.82, 2.24) is 9.88 Å². The fourth-order valence-electron chi connectivity index (χ4n) is 3.18. The van der Waals surface area contributed by atoms with Crippen LogP contribution in [0.1, 0.15) is 19.8 Å². The van der Waals surface area contributed by atoms with E-state index in [4.69, 9.17) is 4.74 Å². The highest BCUT2D eigenvalue weighted by molar-refractivity contribution is 5.56. The second-order valence-electron chi connectivity index (χ2n) is 5.90. The van der Waals surface area contributed by atoms with E-state index in [1.165, 1.54) is 12.1 Å². The Morgan fingerprint density at radius 2 is 2.14 bits per heavy atom. The van der Waals surface area contributed by atoms with E-state index in [0.717, 1.165) is 58.0 Å². The van der Waals surface area contributed by atoms with Crippen LogP contribution in [0.15, 0.2) is 18.5 Å². The first-order valence-corrected chi connectivity index (χ1v) is 8.12. The summed E-state index contributed by atoms with van der Waals surface area (Å²) in [6, 6.07) is 2.89. The summed E-state index contributed by atoms with van der Waals surface area (Å²) < 4.78 is 5.45. The summed E-state index contributed by atoms with van der Waals surface area (Å²) in [5, 5.41) is 3.42. The largest absolute Gasteiger partial charge is 0.384 e. The van der Waals surface area contributed by atoms with Gasteiger partial charge in [0.25, 0.3) is 0 Å². The minimum atomic E-state index is 0.668. The lowest BCUT2D eigenvalue weighted by Crippen LogP contribution is -2.44. The van der Waals surface area contributed by atoms with Gasteiger partial charge in [-0.1, -0.05) is 6.92 Å². The minimum absolute atomic E-state index is 0.668. The van der Waals surface area contributed by atoms with Crippen LogP contribution in [0.3, 0.4) is 0 Å². The smallest absolute Gasteiger partial charge is 0.0594 e. The van der Waals surface area contributed by atoms with E-state index in [1.807, 2.05) is 12.4 Å². The van der Waals surface area contributed by atoms with E-state index in [-0.39, 0.29) is 0 Å². The molecule has 0 aliphatic carbocycles. The first kappa shape index (κ1) is 14.6. The molecule has 0 bridgehead atoms. The van der Waals surface area contributed by atoms with Gasteiger partial charge in [0.15, 0.2) is 0 Å². The number of nitrogens with zero attached hydrogens (tertiary/aromatic N) is 3. The Balaban J connectivity index is 1.60. The lowest BCUT2D eigenvalue weighted by atomic mass is 10.2. The van der Waals surface area contributed by atoms with E-state index >= 15 is 0 Å². The minimum Gasteiger partial charge on any atom is -0.384 e. The molecule has 0 spiro atoms. The number of hydrogen-bond acceptors (Lipinski definition) is 5. The summed E-state index contributed by atoms with van der Waals surface area (Å²) in [6.07, 6.45) is 6.27. The zero-order chi connectivity index (χ0) is 14.5. The SMILES string of the molecule is CCCNc1cncc(N2CCC(N3CCOCC3)C2)c1. The van der Waals surface area contributed by atoms with E-state index in [0.29, 0.717) is 6.04 Å². The molecule has 1 aromatic rings. The lowest BCUT2D eigenvalue weighted by Gasteiger charge is -2.32. The van der Waals surface area contributed by atoms with Crippen molar-refractivity contribution >= 4 is 11.4 Å². The summed E-state index contributed by atoms with van der Waals surface area (Å²) in [4.78, 5) is 9.42. The third kappa shape index (κ3) is 3.66. The van der Waals surface area contributed by atoms with Crippen LogP contribution in [-0.2, 0) is 4.74 Å². The first-order chi connectivity index (χ1) is 10.4. The van der Waals surface area contributed by atoms with E-state index in [9.17, 15) is 0 Å². The van der Waals surface area contributed by atoms with Crippen molar-refractivity contribution in [2.75, 3.05) is 56.2 Å². The van der Waals surface area contributed by atoms with Crippen LogP contribution in [0.25, 0.3) is 0 Å². The molecule has 5 nitrogen and oxygen atoms in total. The monoisotopic (exact) mass is 290 g/mol. The molecule has 2 fully saturated rings. The van der Waals surface area contributed by atoms with Crippen molar-refractivity contribution in [3.8, 4) is 0 Å². The van der Waals surface area contributed by atoms with E-state index in [2.05, 4.69) is 33.1 Å². The van der Waals surface area contributed by atoms with Gasteiger partial charge in [-0.15, -0.1) is 0 Å². The zero-order valence-corrected chi connectivity index (χ0v) is 12.9. The molecule has 2 aliphatic rings. The second kappa shape index (κ2) is 7.09. The molecular formula is C16H26N4O. The molecule has 0 saturated carbocycles. The van der Waals surface area contributed by atoms with Gasteiger partial charge in [0.2, 0.25) is 0 Å². The standard InChI is InChI=1S/C16H26N4O/c1-2-4-18-14-10-16(12-17-11-14)20-5-3-15(13-20)19-6-8-21-9-7-19/h10-12,15,18H,2-9,13H2,1H3. The van der Waals surface area contributed by atoms with Gasteiger partial charge in [-0.25, -0.2) is 0 Å². The van der Waals surface area contributed by atoms with Crippen molar-refractivity contribution in [3.63, 3.8) is 0 Å². The normalized spacial score (nSPS) is 23.5. The predicted octanol–water partition coefficient (Wildman–Crippen LogP) is 1.81. The highest BCUT2D eigenvalue weighted by Gasteiger charge is 2.28. The molecule has 1 atom stereocenters. The summed E-state index contributed by atoms with van der Waals surface area (Å²) >= 11 is 0. The van der Waals surface area contributed by atoms with Gasteiger partial charge in [0, 0.05) is 38.8 Å². The number of hydrogen-bond donors (Lipinski definition) is 1. The molecule has 0 amide bonds. The van der Waals surface area contributed by atoms with E-state index in [1.54, 1.807) is 0 Å². The highest BCUT2D eigenvalue weighted by atomic mass is 16.5. The molecule has 21 heavy (non-hydrogen) atoms. The number of anilines is 2. The predicted molar refractivity (Wildman–Crippen MR) is 86.0 cm³/mol. The zero-order valence-electron chi connectivity index (χ0n) is 12.9. The molecular weight excluding hydrogens is 264 g/mol. The van der Waals surface area contributed by atoms with Crippen molar-refractivity contribution in [2.24, 2.45) is 0 Å². The molecule has 0 aromatic carbocycles. The van der Waals surface area contributed by atoms with Gasteiger partial charge in [0.05, 0.1) is 37.0 Å². The Morgan fingerprint density at radius 3 is 2.95 bits per heavy atom. The van der Waals surface area contributed by atoms with Crippen molar-refractivity contribution in [2.45, 2.75) is 25.8 Å². The van der Waals surface area contributed by atoms with Gasteiger partial charge < -0.3 is 15.0 Å². The number of aromatic nitrogens is 1. The molecule has 1 unspecified atom stereocenters. The lowest BCUT2D eigenvalue weighted by molar-refractivity contribution is 0.0209. The van der Waals surface area contributed by atoms with Crippen LogP contribution < -0.4 is 10.2 Å². The van der Waals surface area contributed by atoms with Crippen LogP contribution in [0.2, 0.25) is 0 Å². The summed E-state index contributed by atoms with van der Waals surface area (Å²) in [6.45, 7) is 9.34. The average Bonchev–Trinajstić information content (AvgIpc) is 3.04. The summed E-state index contributed by atoms with van der Waals surface area (Å²) in [7, 11) is 0. The number of pyridine rings is 1. The van der Waals surface area contributed by atoms with Crippen LogP contribution in [-0.4, -0.2) is 61.9 Å². The summed E-state index contributed by atoms with van der Waals surface area (Å²) in [5.41, 5.74) is 2.37. The quantitative estimate of drug-likeness (QED) is 0.896. The number of rotatable bonds is 5. The molecule has 116 valence electrons. The molecule has 3 rings (SSSR count). The molecule has 5 heteroatoms. The Bertz CT molecular complexity index is 448. The molecule has 2 aliphatic heterocycles. The Kier molecular flexibility index (Phi) is 4.93. The first-order valence-electron chi connectivity index (χ1n) is 8.12. The number of nitrogens with one attached hydrogen (secondary N) is 1. The maximum absolute atomic E-state index is 5.45. The third-order valence-corrected chi connectivity index (χ3v) is 4.39. The van der Waals surface area contributed by atoms with Crippen LogP contribution in [0, 0.1) is 0 Å². The molecule has 0 radical (unpaired) electrons. The molecule has 1 aromatic heterocycles. The van der Waals surface area contributed by atoms with Gasteiger partial charge in [0.1, 0.15) is 0 Å². The average molecular weight is 290 g/mol. The fraction of sp³-hybridized carbons (Fsp3) is 0.688. The van der Waals surface area contributed by atoms with E-state index < -0.39 is 0 Å². The Labute approximate surface area is 127 Å². The van der Waals surface area contributed by atoms with Crippen molar-refractivity contribution in [3.05, 3.63) is 18.5 Å². The van der Waals surface area contributed by atoms with Crippen molar-refractivity contribution in [1.29, 1.82) is 0 Å². The molecule has 3 heterocycles. The van der Waals surface area contributed by atoms with Gasteiger partial charge in [-0.3, -0.25) is 9.88 Å². The summed E-state index contributed by atoms with van der Waals surface area (Å²) in [5.74, 6) is 0. The van der Waals surface area contributed by atoms with Crippen LogP contribution >= 0.6 is 0 Å². The Morgan fingerprint density at radius 1 is 1.29 bits per heavy atom. The Hall–Kier alpha value is -1.33. The van der Waals surface area contributed by atoms with Crippen molar-refractivity contribution < 1.29 is 4.74 Å². The van der Waals surface area contributed by atoms with Gasteiger partial charge >= 0.3 is 0 Å². The number of morpholine rings is 1. The maximum Gasteiger partial charge on any atom is 0.0594 e. The topological polar surface area (TPSA) is 40.6 Å². The number of ether oxygens (including phenoxy) is 1. The third-order valence-electron chi connectivity index (χ3n) is 4.39. The maximum atomic E-state index is 5.45. The fourth-order valence-corrected chi connectivity index (χ4v) is 3.18. The van der Waals surface area contributed by atoms with Crippen LogP contribution in [0.4, 0.5) is 11.4 Å². The molecule has 2 saturated heterocycles. The van der Waals surface area contributed by atoms with Gasteiger partial charge in [-0.2, -0.15) is 0 Å².